The summed E-state index contributed by atoms with van der Waals surface area (Å²) < 4.78 is 5.25. The lowest BCUT2D eigenvalue weighted by Gasteiger charge is -2.38. The summed E-state index contributed by atoms with van der Waals surface area (Å²) in [5.74, 6) is 0. The van der Waals surface area contributed by atoms with Crippen molar-refractivity contribution in [3.8, 4) is 0 Å². The molecule has 2 atom stereocenters. The van der Waals surface area contributed by atoms with Crippen LogP contribution in [0.2, 0.25) is 0 Å². The van der Waals surface area contributed by atoms with E-state index in [1.165, 1.54) is 11.3 Å². The second-order valence-corrected chi connectivity index (χ2v) is 5.20. The van der Waals surface area contributed by atoms with Crippen molar-refractivity contribution in [1.82, 2.24) is 26.4 Å². The van der Waals surface area contributed by atoms with Gasteiger partial charge in [0.1, 0.15) is 6.17 Å². The number of hydrazine groups is 1. The number of rotatable bonds is 3. The number of hydrogen-bond acceptors (Lipinski definition) is 6. The summed E-state index contributed by atoms with van der Waals surface area (Å²) in [6, 6.07) is 0.442. The SMILES string of the molecule is COCC1CN(C2NNC3=C2CCNC3)CCN1. The standard InChI is InChI=1S/C12H23N5O/c1-18-8-9-7-17(5-4-14-9)12-10-2-3-13-6-11(10)15-16-12/h9,12-16H,2-8H2,1H3. The average molecular weight is 253 g/mol. The normalized spacial score (nSPS) is 33.4. The Morgan fingerprint density at radius 2 is 2.33 bits per heavy atom. The van der Waals surface area contributed by atoms with Crippen molar-refractivity contribution in [2.45, 2.75) is 18.6 Å². The van der Waals surface area contributed by atoms with E-state index in [0.29, 0.717) is 12.2 Å². The van der Waals surface area contributed by atoms with Crippen LogP contribution in [0.4, 0.5) is 0 Å². The number of methoxy groups -OCH3 is 1. The van der Waals surface area contributed by atoms with Crippen LogP contribution in [0.5, 0.6) is 0 Å². The van der Waals surface area contributed by atoms with E-state index in [1.807, 2.05) is 0 Å². The van der Waals surface area contributed by atoms with E-state index in [0.717, 1.165) is 45.8 Å². The van der Waals surface area contributed by atoms with Gasteiger partial charge in [-0.15, -0.1) is 0 Å². The van der Waals surface area contributed by atoms with Crippen molar-refractivity contribution < 1.29 is 4.74 Å². The van der Waals surface area contributed by atoms with Gasteiger partial charge in [0.15, 0.2) is 0 Å². The molecule has 3 aliphatic rings. The zero-order valence-electron chi connectivity index (χ0n) is 11.0. The molecule has 0 radical (unpaired) electrons. The van der Waals surface area contributed by atoms with Crippen LogP contribution in [-0.4, -0.2) is 63.5 Å². The van der Waals surface area contributed by atoms with E-state index in [1.54, 1.807) is 7.11 Å². The predicted octanol–water partition coefficient (Wildman–Crippen LogP) is -1.41. The van der Waals surface area contributed by atoms with Gasteiger partial charge in [-0.05, 0) is 18.5 Å². The zero-order chi connectivity index (χ0) is 12.4. The number of nitrogens with zero attached hydrogens (tertiary/aromatic N) is 1. The van der Waals surface area contributed by atoms with Gasteiger partial charge in [-0.1, -0.05) is 0 Å². The van der Waals surface area contributed by atoms with Crippen molar-refractivity contribution >= 4 is 0 Å². The first kappa shape index (κ1) is 12.4. The molecule has 3 heterocycles. The molecule has 0 amide bonds. The minimum atomic E-state index is 0.364. The third-order valence-corrected chi connectivity index (χ3v) is 3.97. The second-order valence-electron chi connectivity index (χ2n) is 5.20. The zero-order valence-corrected chi connectivity index (χ0v) is 11.0. The number of hydrogen-bond donors (Lipinski definition) is 4. The molecule has 1 fully saturated rings. The quantitative estimate of drug-likeness (QED) is 0.496. The molecule has 6 heteroatoms. The number of piperazine rings is 1. The van der Waals surface area contributed by atoms with Crippen LogP contribution in [0.1, 0.15) is 6.42 Å². The Morgan fingerprint density at radius 1 is 1.39 bits per heavy atom. The summed E-state index contributed by atoms with van der Waals surface area (Å²) in [4.78, 5) is 2.51. The van der Waals surface area contributed by atoms with Crippen LogP contribution in [0.15, 0.2) is 11.3 Å². The van der Waals surface area contributed by atoms with Crippen LogP contribution in [0.25, 0.3) is 0 Å². The van der Waals surface area contributed by atoms with Crippen LogP contribution in [-0.2, 0) is 4.74 Å². The van der Waals surface area contributed by atoms with Crippen molar-refractivity contribution in [1.29, 1.82) is 0 Å². The van der Waals surface area contributed by atoms with Crippen LogP contribution >= 0.6 is 0 Å². The molecule has 0 aromatic heterocycles. The predicted molar refractivity (Wildman–Crippen MR) is 69.8 cm³/mol. The summed E-state index contributed by atoms with van der Waals surface area (Å²) in [6.45, 7) is 6.00. The fourth-order valence-corrected chi connectivity index (χ4v) is 3.08. The summed E-state index contributed by atoms with van der Waals surface area (Å²) >= 11 is 0. The highest BCUT2D eigenvalue weighted by atomic mass is 16.5. The minimum absolute atomic E-state index is 0.364. The van der Waals surface area contributed by atoms with Crippen molar-refractivity contribution in [2.24, 2.45) is 0 Å². The van der Waals surface area contributed by atoms with Crippen molar-refractivity contribution in [3.05, 3.63) is 11.3 Å². The summed E-state index contributed by atoms with van der Waals surface area (Å²) in [5, 5.41) is 6.90. The Bertz CT molecular complexity index is 330. The highest BCUT2D eigenvalue weighted by molar-refractivity contribution is 5.26. The lowest BCUT2D eigenvalue weighted by atomic mass is 10.0. The van der Waals surface area contributed by atoms with E-state index < -0.39 is 0 Å². The Kier molecular flexibility index (Phi) is 3.81. The van der Waals surface area contributed by atoms with Gasteiger partial charge >= 0.3 is 0 Å². The lowest BCUT2D eigenvalue weighted by Crippen LogP contribution is -2.59. The van der Waals surface area contributed by atoms with E-state index in [2.05, 4.69) is 26.4 Å². The van der Waals surface area contributed by atoms with Gasteiger partial charge in [-0.2, -0.15) is 0 Å². The topological polar surface area (TPSA) is 60.6 Å². The van der Waals surface area contributed by atoms with Crippen molar-refractivity contribution in [2.75, 3.05) is 46.4 Å². The van der Waals surface area contributed by atoms with E-state index in [9.17, 15) is 0 Å². The van der Waals surface area contributed by atoms with Gasteiger partial charge in [-0.3, -0.25) is 4.90 Å². The monoisotopic (exact) mass is 253 g/mol. The largest absolute Gasteiger partial charge is 0.383 e. The first-order chi connectivity index (χ1) is 8.88. The van der Waals surface area contributed by atoms with Gasteiger partial charge in [-0.25, -0.2) is 5.43 Å². The van der Waals surface area contributed by atoms with Crippen molar-refractivity contribution in [3.63, 3.8) is 0 Å². The molecule has 102 valence electrons. The van der Waals surface area contributed by atoms with E-state index in [4.69, 9.17) is 4.74 Å². The molecule has 3 aliphatic heterocycles. The molecule has 2 unspecified atom stereocenters. The highest BCUT2D eigenvalue weighted by Crippen LogP contribution is 2.22. The fourth-order valence-electron chi connectivity index (χ4n) is 3.08. The third kappa shape index (κ3) is 2.39. The van der Waals surface area contributed by atoms with Gasteiger partial charge in [0.25, 0.3) is 0 Å². The van der Waals surface area contributed by atoms with E-state index >= 15 is 0 Å². The first-order valence-corrected chi connectivity index (χ1v) is 6.79. The summed E-state index contributed by atoms with van der Waals surface area (Å²) in [6.07, 6.45) is 1.50. The van der Waals surface area contributed by atoms with Crippen LogP contribution < -0.4 is 21.5 Å². The number of ether oxygens (including phenoxy) is 1. The average Bonchev–Trinajstić information content (AvgIpc) is 2.83. The maximum absolute atomic E-state index is 5.25. The Hall–Kier alpha value is -0.660. The van der Waals surface area contributed by atoms with Gasteiger partial charge < -0.3 is 20.8 Å². The molecular weight excluding hydrogens is 230 g/mol. The summed E-state index contributed by atoms with van der Waals surface area (Å²) in [5.41, 5.74) is 9.63. The van der Waals surface area contributed by atoms with Gasteiger partial charge in [0.05, 0.1) is 6.61 Å². The lowest BCUT2D eigenvalue weighted by molar-refractivity contribution is 0.0913. The Balaban J connectivity index is 1.65. The first-order valence-electron chi connectivity index (χ1n) is 6.79. The number of nitrogens with one attached hydrogen (secondary N) is 4. The van der Waals surface area contributed by atoms with E-state index in [-0.39, 0.29) is 0 Å². The molecule has 0 saturated carbocycles. The van der Waals surface area contributed by atoms with Crippen LogP contribution in [0, 0.1) is 0 Å². The molecule has 0 bridgehead atoms. The molecule has 1 saturated heterocycles. The molecule has 3 rings (SSSR count). The molecular formula is C12H23N5O. The second kappa shape index (κ2) is 5.54. The maximum atomic E-state index is 5.25. The Morgan fingerprint density at radius 3 is 3.22 bits per heavy atom. The Labute approximate surface area is 108 Å². The molecule has 0 aromatic rings. The smallest absolute Gasteiger partial charge is 0.101 e. The molecule has 4 N–H and O–H groups in total. The molecule has 6 nitrogen and oxygen atoms in total. The summed E-state index contributed by atoms with van der Waals surface area (Å²) in [7, 11) is 1.77. The van der Waals surface area contributed by atoms with Crippen LogP contribution in [0.3, 0.4) is 0 Å². The third-order valence-electron chi connectivity index (χ3n) is 3.97. The van der Waals surface area contributed by atoms with Gasteiger partial charge in [0, 0.05) is 45.0 Å². The van der Waals surface area contributed by atoms with Gasteiger partial charge in [0.2, 0.25) is 0 Å². The molecule has 0 aliphatic carbocycles. The maximum Gasteiger partial charge on any atom is 0.101 e. The highest BCUT2D eigenvalue weighted by Gasteiger charge is 2.33. The fraction of sp³-hybridized carbons (Fsp3) is 0.833. The molecule has 0 spiro atoms. The molecule has 0 aromatic carbocycles. The minimum Gasteiger partial charge on any atom is -0.383 e. The molecule has 18 heavy (non-hydrogen) atoms.